The van der Waals surface area contributed by atoms with E-state index in [1.54, 1.807) is 22.7 Å². The summed E-state index contributed by atoms with van der Waals surface area (Å²) in [7, 11) is 0. The predicted molar refractivity (Wildman–Crippen MR) is 86.5 cm³/mol. The fourth-order valence-electron chi connectivity index (χ4n) is 1.37. The standard InChI is InChI=1S/2C7H9ClS/c2*1-2-6-3-4-7(5-8)9-6/h2*3-4H,2,5H2,1H3. The lowest BCUT2D eigenvalue weighted by molar-refractivity contribution is 1.19. The summed E-state index contributed by atoms with van der Waals surface area (Å²) < 4.78 is 0. The monoisotopic (exact) mass is 320 g/mol. The van der Waals surface area contributed by atoms with Crippen LogP contribution in [0.3, 0.4) is 0 Å². The highest BCUT2D eigenvalue weighted by molar-refractivity contribution is 7.12. The van der Waals surface area contributed by atoms with Crippen LogP contribution in [0.15, 0.2) is 24.3 Å². The molecular weight excluding hydrogens is 303 g/mol. The second kappa shape index (κ2) is 8.98. The molecule has 0 amide bonds. The summed E-state index contributed by atoms with van der Waals surface area (Å²) in [5.74, 6) is 1.31. The zero-order valence-corrected chi connectivity index (χ0v) is 13.9. The fourth-order valence-corrected chi connectivity index (χ4v) is 3.49. The predicted octanol–water partition coefficient (Wildman–Crippen LogP) is 6.10. The number of aryl methyl sites for hydroxylation is 2. The molecule has 0 spiro atoms. The van der Waals surface area contributed by atoms with Crippen LogP contribution in [0, 0.1) is 0 Å². The second-order valence-electron chi connectivity index (χ2n) is 3.71. The van der Waals surface area contributed by atoms with Crippen molar-refractivity contribution in [3.05, 3.63) is 43.8 Å². The second-order valence-corrected chi connectivity index (χ2v) is 6.75. The highest BCUT2D eigenvalue weighted by Crippen LogP contribution is 2.18. The molecule has 0 N–H and O–H groups in total. The topological polar surface area (TPSA) is 0 Å². The van der Waals surface area contributed by atoms with Gasteiger partial charge in [-0.3, -0.25) is 0 Å². The van der Waals surface area contributed by atoms with Gasteiger partial charge in [0.1, 0.15) is 0 Å². The molecule has 0 atom stereocenters. The third kappa shape index (κ3) is 5.31. The maximum atomic E-state index is 5.61. The highest BCUT2D eigenvalue weighted by atomic mass is 35.5. The molecule has 2 rings (SSSR count). The van der Waals surface area contributed by atoms with Crippen LogP contribution < -0.4 is 0 Å². The summed E-state index contributed by atoms with van der Waals surface area (Å²) in [6.07, 6.45) is 2.25. The Morgan fingerprint density at radius 3 is 1.22 bits per heavy atom. The zero-order chi connectivity index (χ0) is 13.4. The molecule has 2 aromatic rings. The van der Waals surface area contributed by atoms with Crippen LogP contribution in [0.5, 0.6) is 0 Å². The number of thiophene rings is 2. The van der Waals surface area contributed by atoms with Crippen LogP contribution in [0.4, 0.5) is 0 Å². The summed E-state index contributed by atoms with van der Waals surface area (Å²) >= 11 is 14.8. The number of hydrogen-bond donors (Lipinski definition) is 0. The van der Waals surface area contributed by atoms with E-state index < -0.39 is 0 Å². The molecule has 0 saturated heterocycles. The number of rotatable bonds is 4. The van der Waals surface area contributed by atoms with Crippen molar-refractivity contribution in [1.29, 1.82) is 0 Å². The minimum absolute atomic E-state index is 0.657. The zero-order valence-electron chi connectivity index (χ0n) is 10.7. The Bertz CT molecular complexity index is 367. The van der Waals surface area contributed by atoms with Crippen LogP contribution in [0.25, 0.3) is 0 Å². The van der Waals surface area contributed by atoms with Crippen molar-refractivity contribution in [2.75, 3.05) is 0 Å². The van der Waals surface area contributed by atoms with Crippen LogP contribution in [-0.4, -0.2) is 0 Å². The lowest BCUT2D eigenvalue weighted by Crippen LogP contribution is -1.64. The van der Waals surface area contributed by atoms with E-state index in [0.717, 1.165) is 12.8 Å². The van der Waals surface area contributed by atoms with Gasteiger partial charge in [0.05, 0.1) is 11.8 Å². The lowest BCUT2D eigenvalue weighted by atomic mass is 10.4. The van der Waals surface area contributed by atoms with E-state index in [1.807, 2.05) is 0 Å². The molecule has 0 aliphatic carbocycles. The van der Waals surface area contributed by atoms with E-state index in [1.165, 1.54) is 19.5 Å². The molecule has 0 radical (unpaired) electrons. The molecule has 0 aromatic carbocycles. The molecule has 18 heavy (non-hydrogen) atoms. The van der Waals surface area contributed by atoms with Crippen molar-refractivity contribution in [1.82, 2.24) is 0 Å². The highest BCUT2D eigenvalue weighted by Gasteiger charge is 1.95. The normalized spacial score (nSPS) is 10.0. The van der Waals surface area contributed by atoms with Gasteiger partial charge < -0.3 is 0 Å². The Morgan fingerprint density at radius 2 is 1.06 bits per heavy atom. The summed E-state index contributed by atoms with van der Waals surface area (Å²) in [5, 5.41) is 0. The van der Waals surface area contributed by atoms with E-state index in [2.05, 4.69) is 38.1 Å². The van der Waals surface area contributed by atoms with Crippen LogP contribution in [-0.2, 0) is 24.6 Å². The average molecular weight is 321 g/mol. The van der Waals surface area contributed by atoms with Gasteiger partial charge in [0.2, 0.25) is 0 Å². The molecule has 0 unspecified atom stereocenters. The maximum absolute atomic E-state index is 5.61. The van der Waals surface area contributed by atoms with Gasteiger partial charge in [0.25, 0.3) is 0 Å². The first-order chi connectivity index (χ1) is 8.73. The molecule has 2 aromatic heterocycles. The summed E-state index contributed by atoms with van der Waals surface area (Å²) in [6, 6.07) is 8.47. The van der Waals surface area contributed by atoms with Crippen molar-refractivity contribution in [3.63, 3.8) is 0 Å². The summed E-state index contributed by atoms with van der Waals surface area (Å²) in [6.45, 7) is 4.31. The number of halogens is 2. The Hall–Kier alpha value is -0.0200. The first-order valence-electron chi connectivity index (χ1n) is 6.00. The van der Waals surface area contributed by atoms with Gasteiger partial charge >= 0.3 is 0 Å². The average Bonchev–Trinajstić information content (AvgIpc) is 3.07. The van der Waals surface area contributed by atoms with Gasteiger partial charge in [-0.2, -0.15) is 0 Å². The van der Waals surface area contributed by atoms with Crippen molar-refractivity contribution in [3.8, 4) is 0 Å². The van der Waals surface area contributed by atoms with Gasteiger partial charge in [-0.25, -0.2) is 0 Å². The van der Waals surface area contributed by atoms with Crippen molar-refractivity contribution in [2.45, 2.75) is 38.4 Å². The van der Waals surface area contributed by atoms with Crippen LogP contribution in [0.1, 0.15) is 33.4 Å². The minimum Gasteiger partial charge on any atom is -0.144 e. The molecule has 0 bridgehead atoms. The molecule has 0 saturated carbocycles. The van der Waals surface area contributed by atoms with E-state index in [-0.39, 0.29) is 0 Å². The largest absolute Gasteiger partial charge is 0.144 e. The van der Waals surface area contributed by atoms with E-state index in [4.69, 9.17) is 23.2 Å². The van der Waals surface area contributed by atoms with Gasteiger partial charge in [-0.05, 0) is 37.1 Å². The van der Waals surface area contributed by atoms with Crippen LogP contribution in [0.2, 0.25) is 0 Å². The smallest absolute Gasteiger partial charge is 0.0568 e. The Kier molecular flexibility index (Phi) is 8.00. The van der Waals surface area contributed by atoms with Crippen molar-refractivity contribution in [2.24, 2.45) is 0 Å². The first kappa shape index (κ1) is 16.0. The minimum atomic E-state index is 0.657. The molecule has 2 heterocycles. The molecule has 0 aliphatic heterocycles. The summed E-state index contributed by atoms with van der Waals surface area (Å²) in [5.41, 5.74) is 0. The Morgan fingerprint density at radius 1 is 0.722 bits per heavy atom. The van der Waals surface area contributed by atoms with Gasteiger partial charge in [-0.15, -0.1) is 45.9 Å². The fraction of sp³-hybridized carbons (Fsp3) is 0.429. The van der Waals surface area contributed by atoms with Crippen molar-refractivity contribution < 1.29 is 0 Å². The number of hydrogen-bond acceptors (Lipinski definition) is 2. The van der Waals surface area contributed by atoms with E-state index >= 15 is 0 Å². The molecule has 4 heteroatoms. The van der Waals surface area contributed by atoms with Gasteiger partial charge in [0, 0.05) is 19.5 Å². The molecule has 0 nitrogen and oxygen atoms in total. The van der Waals surface area contributed by atoms with Gasteiger partial charge in [-0.1, -0.05) is 13.8 Å². The Labute approximate surface area is 128 Å². The molecule has 0 aliphatic rings. The third-order valence-corrected chi connectivity index (χ3v) is 5.75. The SMILES string of the molecule is CCc1ccc(CCl)s1.CCc1ccc(CCl)s1. The van der Waals surface area contributed by atoms with Gasteiger partial charge in [0.15, 0.2) is 0 Å². The molecule has 0 fully saturated rings. The van der Waals surface area contributed by atoms with Crippen molar-refractivity contribution >= 4 is 45.9 Å². The third-order valence-electron chi connectivity index (χ3n) is 2.39. The molecular formula is C14H18Cl2S2. The van der Waals surface area contributed by atoms with Crippen LogP contribution >= 0.6 is 45.9 Å². The number of alkyl halides is 2. The quantitative estimate of drug-likeness (QED) is 0.597. The Balaban J connectivity index is 0.000000180. The summed E-state index contributed by atoms with van der Waals surface area (Å²) in [4.78, 5) is 5.39. The molecule has 100 valence electrons. The first-order valence-corrected chi connectivity index (χ1v) is 8.70. The van der Waals surface area contributed by atoms with E-state index in [0.29, 0.717) is 11.8 Å². The van der Waals surface area contributed by atoms with E-state index in [9.17, 15) is 0 Å². The maximum Gasteiger partial charge on any atom is 0.0568 e. The lowest BCUT2D eigenvalue weighted by Gasteiger charge is -1.83.